The number of amides is 2. The van der Waals surface area contributed by atoms with Crippen LogP contribution in [0.2, 0.25) is 0 Å². The van der Waals surface area contributed by atoms with Crippen LogP contribution < -0.4 is 0 Å². The third-order valence-corrected chi connectivity index (χ3v) is 6.13. The maximum absolute atomic E-state index is 12.4. The zero-order chi connectivity index (χ0) is 15.6. The Bertz CT molecular complexity index is 511. The SMILES string of the molecule is COC(=O)N1CCC(C(=O)N(C)C2CCS(=O)(=O)C2)CC1. The highest BCUT2D eigenvalue weighted by Gasteiger charge is 2.36. The number of sulfone groups is 1. The van der Waals surface area contributed by atoms with Crippen LogP contribution in [0.4, 0.5) is 4.79 Å². The third kappa shape index (κ3) is 3.66. The molecule has 2 fully saturated rings. The van der Waals surface area contributed by atoms with Gasteiger partial charge in [0.05, 0.1) is 18.6 Å². The molecule has 2 aliphatic heterocycles. The maximum atomic E-state index is 12.4. The molecule has 2 amide bonds. The third-order valence-electron chi connectivity index (χ3n) is 4.38. The smallest absolute Gasteiger partial charge is 0.409 e. The molecule has 0 spiro atoms. The van der Waals surface area contributed by atoms with Gasteiger partial charge in [-0.3, -0.25) is 4.79 Å². The van der Waals surface area contributed by atoms with E-state index < -0.39 is 9.84 Å². The van der Waals surface area contributed by atoms with E-state index in [2.05, 4.69) is 4.74 Å². The highest BCUT2D eigenvalue weighted by atomic mass is 32.2. The molecule has 1 unspecified atom stereocenters. The van der Waals surface area contributed by atoms with Crippen LogP contribution in [0, 0.1) is 5.92 Å². The van der Waals surface area contributed by atoms with Gasteiger partial charge in [-0.1, -0.05) is 0 Å². The lowest BCUT2D eigenvalue weighted by Crippen LogP contribution is -2.46. The minimum atomic E-state index is -2.99. The second kappa shape index (κ2) is 6.21. The van der Waals surface area contributed by atoms with Gasteiger partial charge >= 0.3 is 6.09 Å². The highest BCUT2D eigenvalue weighted by Crippen LogP contribution is 2.23. The van der Waals surface area contributed by atoms with Crippen LogP contribution in [0.25, 0.3) is 0 Å². The second-order valence-corrected chi connectivity index (χ2v) is 7.97. The molecule has 2 aliphatic rings. The minimum absolute atomic E-state index is 0.0124. The summed E-state index contributed by atoms with van der Waals surface area (Å²) in [5.74, 6) is 0.0765. The van der Waals surface area contributed by atoms with Crippen molar-refractivity contribution < 1.29 is 22.7 Å². The lowest BCUT2D eigenvalue weighted by Gasteiger charge is -2.34. The van der Waals surface area contributed by atoms with E-state index in [1.807, 2.05) is 0 Å². The molecule has 0 aromatic heterocycles. The number of carbonyl (C=O) groups excluding carboxylic acids is 2. The van der Waals surface area contributed by atoms with Crippen molar-refractivity contribution in [2.45, 2.75) is 25.3 Å². The van der Waals surface area contributed by atoms with Crippen LogP contribution >= 0.6 is 0 Å². The first-order valence-electron chi connectivity index (χ1n) is 7.14. The number of likely N-dealkylation sites (tertiary alicyclic amines) is 1. The predicted octanol–water partition coefficient (Wildman–Crippen LogP) is 0.110. The molecular weight excluding hydrogens is 296 g/mol. The van der Waals surface area contributed by atoms with Crippen LogP contribution in [-0.2, 0) is 19.4 Å². The molecule has 2 rings (SSSR count). The fraction of sp³-hybridized carbons (Fsp3) is 0.846. The van der Waals surface area contributed by atoms with Crippen molar-refractivity contribution in [2.75, 3.05) is 38.8 Å². The van der Waals surface area contributed by atoms with Crippen molar-refractivity contribution in [3.8, 4) is 0 Å². The maximum Gasteiger partial charge on any atom is 0.409 e. The number of rotatable bonds is 2. The van der Waals surface area contributed by atoms with Gasteiger partial charge in [0.25, 0.3) is 0 Å². The predicted molar refractivity (Wildman–Crippen MR) is 76.5 cm³/mol. The molecule has 120 valence electrons. The Morgan fingerprint density at radius 2 is 1.81 bits per heavy atom. The van der Waals surface area contributed by atoms with Crippen molar-refractivity contribution in [3.63, 3.8) is 0 Å². The van der Waals surface area contributed by atoms with Gasteiger partial charge in [0.2, 0.25) is 5.91 Å². The molecule has 21 heavy (non-hydrogen) atoms. The van der Waals surface area contributed by atoms with Gasteiger partial charge in [0.1, 0.15) is 0 Å². The second-order valence-electron chi connectivity index (χ2n) is 5.74. The molecule has 1 atom stereocenters. The van der Waals surface area contributed by atoms with Gasteiger partial charge in [0.15, 0.2) is 9.84 Å². The fourth-order valence-electron chi connectivity index (χ4n) is 2.99. The Kier molecular flexibility index (Phi) is 4.75. The summed E-state index contributed by atoms with van der Waals surface area (Å²) in [5, 5.41) is 0. The summed E-state index contributed by atoms with van der Waals surface area (Å²) >= 11 is 0. The summed E-state index contributed by atoms with van der Waals surface area (Å²) in [6, 6.07) is -0.207. The molecule has 0 aliphatic carbocycles. The van der Waals surface area contributed by atoms with Crippen LogP contribution in [0.1, 0.15) is 19.3 Å². The van der Waals surface area contributed by atoms with Crippen molar-refractivity contribution in [3.05, 3.63) is 0 Å². The quantitative estimate of drug-likeness (QED) is 0.721. The number of piperidine rings is 1. The zero-order valence-corrected chi connectivity index (χ0v) is 13.3. The summed E-state index contributed by atoms with van der Waals surface area (Å²) < 4.78 is 27.7. The van der Waals surface area contributed by atoms with E-state index in [0.717, 1.165) is 0 Å². The Morgan fingerprint density at radius 1 is 1.19 bits per heavy atom. The molecular formula is C13H22N2O5S. The fourth-order valence-corrected chi connectivity index (χ4v) is 4.76. The van der Waals surface area contributed by atoms with E-state index >= 15 is 0 Å². The molecule has 2 heterocycles. The van der Waals surface area contributed by atoms with Crippen molar-refractivity contribution in [1.82, 2.24) is 9.80 Å². The first-order chi connectivity index (χ1) is 9.84. The van der Waals surface area contributed by atoms with E-state index in [0.29, 0.717) is 32.4 Å². The van der Waals surface area contributed by atoms with Crippen LogP contribution in [-0.4, -0.2) is 75.0 Å². The molecule has 0 N–H and O–H groups in total. The molecule has 8 heteroatoms. The first kappa shape index (κ1) is 16.1. The number of nitrogens with zero attached hydrogens (tertiary/aromatic N) is 2. The van der Waals surface area contributed by atoms with Crippen molar-refractivity contribution >= 4 is 21.8 Å². The molecule has 2 saturated heterocycles. The van der Waals surface area contributed by atoms with Gasteiger partial charge < -0.3 is 14.5 Å². The molecule has 0 aromatic rings. The summed E-state index contributed by atoms with van der Waals surface area (Å²) in [6.45, 7) is 1.000. The number of ether oxygens (including phenoxy) is 1. The van der Waals surface area contributed by atoms with E-state index in [9.17, 15) is 18.0 Å². The average molecular weight is 318 g/mol. The lowest BCUT2D eigenvalue weighted by atomic mass is 9.95. The van der Waals surface area contributed by atoms with Crippen molar-refractivity contribution in [1.29, 1.82) is 0 Å². The van der Waals surface area contributed by atoms with Crippen LogP contribution in [0.3, 0.4) is 0 Å². The van der Waals surface area contributed by atoms with E-state index in [-0.39, 0.29) is 35.5 Å². The topological polar surface area (TPSA) is 84.0 Å². The Hall–Kier alpha value is -1.31. The zero-order valence-electron chi connectivity index (χ0n) is 12.4. The molecule has 0 radical (unpaired) electrons. The van der Waals surface area contributed by atoms with Gasteiger partial charge in [0, 0.05) is 32.1 Å². The lowest BCUT2D eigenvalue weighted by molar-refractivity contribution is -0.137. The Labute approximate surface area is 125 Å². The number of carbonyl (C=O) groups is 2. The molecule has 0 aromatic carbocycles. The van der Waals surface area contributed by atoms with Gasteiger partial charge in [-0.25, -0.2) is 13.2 Å². The van der Waals surface area contributed by atoms with Crippen LogP contribution in [0.5, 0.6) is 0 Å². The number of hydrogen-bond donors (Lipinski definition) is 0. The summed E-state index contributed by atoms with van der Waals surface area (Å²) in [7, 11) is 0.0308. The molecule has 0 bridgehead atoms. The molecule has 7 nitrogen and oxygen atoms in total. The Balaban J connectivity index is 1.88. The monoisotopic (exact) mass is 318 g/mol. The van der Waals surface area contributed by atoms with Gasteiger partial charge in [-0.05, 0) is 19.3 Å². The first-order valence-corrected chi connectivity index (χ1v) is 8.96. The van der Waals surface area contributed by atoms with E-state index in [1.54, 1.807) is 16.8 Å². The number of methoxy groups -OCH3 is 1. The van der Waals surface area contributed by atoms with Crippen molar-refractivity contribution in [2.24, 2.45) is 5.92 Å². The van der Waals surface area contributed by atoms with Crippen LogP contribution in [0.15, 0.2) is 0 Å². The number of hydrogen-bond acceptors (Lipinski definition) is 5. The standard InChI is InChI=1S/C13H22N2O5S/c1-14(11-5-8-21(18,19)9-11)12(16)10-3-6-15(7-4-10)13(17)20-2/h10-11H,3-9H2,1-2H3. The van der Waals surface area contributed by atoms with Gasteiger partial charge in [-0.2, -0.15) is 0 Å². The normalized spacial score (nSPS) is 25.6. The largest absolute Gasteiger partial charge is 0.453 e. The average Bonchev–Trinajstić information content (AvgIpc) is 2.85. The summed E-state index contributed by atoms with van der Waals surface area (Å²) in [4.78, 5) is 27.0. The minimum Gasteiger partial charge on any atom is -0.453 e. The van der Waals surface area contributed by atoms with E-state index in [4.69, 9.17) is 0 Å². The Morgan fingerprint density at radius 3 is 2.29 bits per heavy atom. The highest BCUT2D eigenvalue weighted by molar-refractivity contribution is 7.91. The molecule has 0 saturated carbocycles. The van der Waals surface area contributed by atoms with Gasteiger partial charge in [-0.15, -0.1) is 0 Å². The summed E-state index contributed by atoms with van der Waals surface area (Å²) in [6.07, 6.45) is 1.34. The summed E-state index contributed by atoms with van der Waals surface area (Å²) in [5.41, 5.74) is 0. The van der Waals surface area contributed by atoms with E-state index in [1.165, 1.54) is 7.11 Å².